The predicted molar refractivity (Wildman–Crippen MR) is 114 cm³/mol. The Morgan fingerprint density at radius 2 is 1.82 bits per heavy atom. The van der Waals surface area contributed by atoms with E-state index in [4.69, 9.17) is 4.74 Å². The van der Waals surface area contributed by atoms with Crippen molar-refractivity contribution in [1.82, 2.24) is 10.3 Å². The molecule has 0 spiro atoms. The minimum Gasteiger partial charge on any atom is -0.382 e. The maximum atomic E-state index is 12.8. The van der Waals surface area contributed by atoms with E-state index in [-0.39, 0.29) is 5.91 Å². The number of anilines is 2. The van der Waals surface area contributed by atoms with Crippen LogP contribution in [0.5, 0.6) is 0 Å². The van der Waals surface area contributed by atoms with E-state index in [1.165, 1.54) is 11.1 Å². The topological polar surface area (TPSA) is 63.2 Å². The van der Waals surface area contributed by atoms with E-state index in [2.05, 4.69) is 47.7 Å². The van der Waals surface area contributed by atoms with Gasteiger partial charge in [-0.05, 0) is 62.6 Å². The first kappa shape index (κ1) is 19.8. The van der Waals surface area contributed by atoms with Crippen LogP contribution in [-0.4, -0.2) is 30.6 Å². The molecule has 2 aromatic carbocycles. The van der Waals surface area contributed by atoms with Crippen molar-refractivity contribution < 1.29 is 9.53 Å². The van der Waals surface area contributed by atoms with E-state index in [1.54, 1.807) is 0 Å². The molecule has 5 heteroatoms. The molecule has 5 nitrogen and oxygen atoms in total. The summed E-state index contributed by atoms with van der Waals surface area (Å²) in [6.45, 7) is 8.01. The van der Waals surface area contributed by atoms with Gasteiger partial charge in [0.2, 0.25) is 0 Å². The molecule has 28 heavy (non-hydrogen) atoms. The first-order valence-corrected chi connectivity index (χ1v) is 9.68. The van der Waals surface area contributed by atoms with Crippen LogP contribution in [0.3, 0.4) is 0 Å². The Morgan fingerprint density at radius 3 is 2.57 bits per heavy atom. The lowest BCUT2D eigenvalue weighted by molar-refractivity contribution is 0.0946. The molecular formula is C23H27N3O2. The van der Waals surface area contributed by atoms with E-state index < -0.39 is 0 Å². The smallest absolute Gasteiger partial charge is 0.252 e. The summed E-state index contributed by atoms with van der Waals surface area (Å²) < 4.78 is 5.32. The van der Waals surface area contributed by atoms with Crippen LogP contribution in [0.2, 0.25) is 0 Å². The number of aryl methyl sites for hydroxylation is 2. The highest BCUT2D eigenvalue weighted by Gasteiger charge is 2.13. The number of nitrogens with zero attached hydrogens (tertiary/aromatic N) is 1. The standard InChI is InChI=1S/C23H27N3O2/c1-4-28-11-7-10-24-23(27)20-15-22(26-21-9-6-5-8-19(20)21)25-18-13-16(2)12-17(3)14-18/h5-6,8-9,12-15H,4,7,10-11H2,1-3H3,(H,24,27)(H,25,26). The molecule has 0 atom stereocenters. The summed E-state index contributed by atoms with van der Waals surface area (Å²) in [6, 6.07) is 15.8. The van der Waals surface area contributed by atoms with E-state index in [1.807, 2.05) is 37.3 Å². The van der Waals surface area contributed by atoms with Gasteiger partial charge in [0.05, 0.1) is 11.1 Å². The molecule has 2 N–H and O–H groups in total. The van der Waals surface area contributed by atoms with E-state index in [0.717, 1.165) is 23.0 Å². The molecule has 3 aromatic rings. The number of para-hydroxylation sites is 1. The van der Waals surface area contributed by atoms with Gasteiger partial charge in [-0.15, -0.1) is 0 Å². The fourth-order valence-electron chi connectivity index (χ4n) is 3.24. The Bertz CT molecular complexity index is 949. The lowest BCUT2D eigenvalue weighted by Crippen LogP contribution is -2.25. The molecule has 0 aliphatic carbocycles. The molecule has 1 amide bonds. The van der Waals surface area contributed by atoms with Crippen molar-refractivity contribution in [1.29, 1.82) is 0 Å². The number of carbonyl (C=O) groups excluding carboxylic acids is 1. The van der Waals surface area contributed by atoms with Crippen molar-refractivity contribution in [2.24, 2.45) is 0 Å². The number of amides is 1. The number of pyridine rings is 1. The molecule has 0 aliphatic rings. The zero-order valence-corrected chi connectivity index (χ0v) is 16.7. The number of nitrogens with one attached hydrogen (secondary N) is 2. The van der Waals surface area contributed by atoms with Gasteiger partial charge in [-0.25, -0.2) is 4.98 Å². The van der Waals surface area contributed by atoms with Crippen molar-refractivity contribution in [2.75, 3.05) is 25.1 Å². The summed E-state index contributed by atoms with van der Waals surface area (Å²) >= 11 is 0. The third-order valence-electron chi connectivity index (χ3n) is 4.41. The number of hydrogen-bond acceptors (Lipinski definition) is 4. The second-order valence-electron chi connectivity index (χ2n) is 6.88. The molecule has 0 bridgehead atoms. The Labute approximate surface area is 166 Å². The van der Waals surface area contributed by atoms with Crippen molar-refractivity contribution in [3.63, 3.8) is 0 Å². The number of ether oxygens (including phenoxy) is 1. The number of aromatic nitrogens is 1. The van der Waals surface area contributed by atoms with Gasteiger partial charge in [0.25, 0.3) is 5.91 Å². The molecule has 0 aliphatic heterocycles. The molecule has 0 radical (unpaired) electrons. The first-order valence-electron chi connectivity index (χ1n) is 9.68. The third-order valence-corrected chi connectivity index (χ3v) is 4.41. The molecule has 0 saturated carbocycles. The van der Waals surface area contributed by atoms with Crippen LogP contribution < -0.4 is 10.6 Å². The second kappa shape index (κ2) is 9.33. The Morgan fingerprint density at radius 1 is 1.07 bits per heavy atom. The Balaban J connectivity index is 1.85. The highest BCUT2D eigenvalue weighted by atomic mass is 16.5. The van der Waals surface area contributed by atoms with Crippen molar-refractivity contribution >= 4 is 28.3 Å². The van der Waals surface area contributed by atoms with Crippen molar-refractivity contribution in [3.05, 3.63) is 65.2 Å². The Kier molecular flexibility index (Phi) is 6.61. The van der Waals surface area contributed by atoms with Gasteiger partial charge in [0.15, 0.2) is 0 Å². The van der Waals surface area contributed by atoms with Crippen molar-refractivity contribution in [3.8, 4) is 0 Å². The summed E-state index contributed by atoms with van der Waals surface area (Å²) in [5, 5.41) is 7.17. The number of rotatable bonds is 8. The van der Waals surface area contributed by atoms with Gasteiger partial charge in [0, 0.05) is 30.8 Å². The molecule has 1 heterocycles. The average Bonchev–Trinajstić information content (AvgIpc) is 2.66. The molecule has 146 valence electrons. The average molecular weight is 377 g/mol. The van der Waals surface area contributed by atoms with Crippen LogP contribution in [0.15, 0.2) is 48.5 Å². The van der Waals surface area contributed by atoms with Gasteiger partial charge < -0.3 is 15.4 Å². The monoisotopic (exact) mass is 377 g/mol. The normalized spacial score (nSPS) is 10.8. The molecule has 1 aromatic heterocycles. The summed E-state index contributed by atoms with van der Waals surface area (Å²) in [5.74, 6) is 0.557. The van der Waals surface area contributed by atoms with Crippen LogP contribution in [0.1, 0.15) is 34.8 Å². The lowest BCUT2D eigenvalue weighted by Gasteiger charge is -2.12. The quantitative estimate of drug-likeness (QED) is 0.556. The summed E-state index contributed by atoms with van der Waals surface area (Å²) in [6.07, 6.45) is 0.788. The third kappa shape index (κ3) is 5.08. The minimum absolute atomic E-state index is 0.0985. The van der Waals surface area contributed by atoms with Crippen LogP contribution in [-0.2, 0) is 4.74 Å². The molecule has 3 rings (SSSR count). The second-order valence-corrected chi connectivity index (χ2v) is 6.88. The maximum Gasteiger partial charge on any atom is 0.252 e. The molecule has 0 saturated heterocycles. The maximum absolute atomic E-state index is 12.8. The summed E-state index contributed by atoms with van der Waals surface area (Å²) in [5.41, 5.74) is 4.72. The van der Waals surface area contributed by atoms with Crippen molar-refractivity contribution in [2.45, 2.75) is 27.2 Å². The largest absolute Gasteiger partial charge is 0.382 e. The molecule has 0 unspecified atom stereocenters. The van der Waals surface area contributed by atoms with Gasteiger partial charge in [-0.2, -0.15) is 0 Å². The van der Waals surface area contributed by atoms with Crippen LogP contribution >= 0.6 is 0 Å². The molecular weight excluding hydrogens is 350 g/mol. The van der Waals surface area contributed by atoms with Gasteiger partial charge >= 0.3 is 0 Å². The SMILES string of the molecule is CCOCCCNC(=O)c1cc(Nc2cc(C)cc(C)c2)nc2ccccc12. The predicted octanol–water partition coefficient (Wildman–Crippen LogP) is 4.75. The molecule has 0 fully saturated rings. The van der Waals surface area contributed by atoms with E-state index in [9.17, 15) is 4.79 Å². The number of fused-ring (bicyclic) bond motifs is 1. The lowest BCUT2D eigenvalue weighted by atomic mass is 10.1. The van der Waals surface area contributed by atoms with Crippen LogP contribution in [0, 0.1) is 13.8 Å². The van der Waals surface area contributed by atoms with Gasteiger partial charge in [-0.1, -0.05) is 24.3 Å². The first-order chi connectivity index (χ1) is 13.6. The minimum atomic E-state index is -0.0985. The summed E-state index contributed by atoms with van der Waals surface area (Å²) in [7, 11) is 0. The highest BCUT2D eigenvalue weighted by molar-refractivity contribution is 6.07. The highest BCUT2D eigenvalue weighted by Crippen LogP contribution is 2.24. The van der Waals surface area contributed by atoms with Gasteiger partial charge in [-0.3, -0.25) is 4.79 Å². The number of carbonyl (C=O) groups is 1. The van der Waals surface area contributed by atoms with E-state index in [0.29, 0.717) is 31.1 Å². The van der Waals surface area contributed by atoms with E-state index >= 15 is 0 Å². The summed E-state index contributed by atoms with van der Waals surface area (Å²) in [4.78, 5) is 17.5. The fraction of sp³-hybridized carbons (Fsp3) is 0.304. The number of hydrogen-bond donors (Lipinski definition) is 2. The fourth-order valence-corrected chi connectivity index (χ4v) is 3.24. The Hall–Kier alpha value is -2.92. The van der Waals surface area contributed by atoms with Crippen LogP contribution in [0.25, 0.3) is 10.9 Å². The number of benzene rings is 2. The van der Waals surface area contributed by atoms with Gasteiger partial charge in [0.1, 0.15) is 5.82 Å². The van der Waals surface area contributed by atoms with Crippen LogP contribution in [0.4, 0.5) is 11.5 Å². The zero-order valence-electron chi connectivity index (χ0n) is 16.7. The zero-order chi connectivity index (χ0) is 19.9.